The van der Waals surface area contributed by atoms with E-state index in [0.717, 1.165) is 36.7 Å². The van der Waals surface area contributed by atoms with E-state index in [1.54, 1.807) is 0 Å². The van der Waals surface area contributed by atoms with E-state index in [2.05, 4.69) is 36.2 Å². The van der Waals surface area contributed by atoms with Crippen LogP contribution in [-0.4, -0.2) is 31.2 Å². The zero-order valence-electron chi connectivity index (χ0n) is 14.5. The molecule has 0 aliphatic carbocycles. The number of anilines is 2. The lowest BCUT2D eigenvalue weighted by molar-refractivity contribution is 0.0644. The Morgan fingerprint density at radius 3 is 2.38 bits per heavy atom. The van der Waals surface area contributed by atoms with Crippen LogP contribution in [0.15, 0.2) is 48.5 Å². The van der Waals surface area contributed by atoms with E-state index < -0.39 is 0 Å². The van der Waals surface area contributed by atoms with E-state index in [4.69, 9.17) is 4.74 Å². The average molecular weight is 324 g/mol. The number of benzene rings is 2. The lowest BCUT2D eigenvalue weighted by atomic mass is 10.0. The molecule has 2 aromatic carbocycles. The second-order valence-electron chi connectivity index (χ2n) is 6.88. The fourth-order valence-electron chi connectivity index (χ4n) is 2.97. The van der Waals surface area contributed by atoms with Gasteiger partial charge in [-0.2, -0.15) is 0 Å². The zero-order chi connectivity index (χ0) is 17.2. The molecular weight excluding hydrogens is 300 g/mol. The highest BCUT2D eigenvalue weighted by atomic mass is 16.5. The number of ether oxygens (including phenoxy) is 1. The summed E-state index contributed by atoms with van der Waals surface area (Å²) < 4.78 is 5.57. The van der Waals surface area contributed by atoms with Gasteiger partial charge in [0.25, 0.3) is 5.91 Å². The van der Waals surface area contributed by atoms with Gasteiger partial charge in [-0.25, -0.2) is 0 Å². The normalized spacial score (nSPS) is 16.7. The molecule has 4 heteroatoms. The van der Waals surface area contributed by atoms with Gasteiger partial charge in [-0.1, -0.05) is 17.7 Å². The van der Waals surface area contributed by atoms with Crippen LogP contribution in [0.2, 0.25) is 0 Å². The van der Waals surface area contributed by atoms with Crippen molar-refractivity contribution in [2.24, 2.45) is 0 Å². The van der Waals surface area contributed by atoms with Crippen LogP contribution in [0.25, 0.3) is 0 Å². The lowest BCUT2D eigenvalue weighted by Gasteiger charge is -2.43. The van der Waals surface area contributed by atoms with Crippen molar-refractivity contribution in [3.8, 4) is 0 Å². The van der Waals surface area contributed by atoms with Gasteiger partial charge in [-0.05, 0) is 57.2 Å². The molecule has 1 saturated heterocycles. The Labute approximate surface area is 143 Å². The summed E-state index contributed by atoms with van der Waals surface area (Å²) in [5, 5.41) is 2.95. The van der Waals surface area contributed by atoms with Crippen molar-refractivity contribution >= 4 is 17.3 Å². The number of morpholine rings is 1. The van der Waals surface area contributed by atoms with Gasteiger partial charge >= 0.3 is 0 Å². The van der Waals surface area contributed by atoms with Crippen molar-refractivity contribution in [1.82, 2.24) is 0 Å². The van der Waals surface area contributed by atoms with Gasteiger partial charge in [0.05, 0.1) is 18.8 Å². The molecule has 1 amide bonds. The number of carbonyl (C=O) groups excluding carboxylic acids is 1. The van der Waals surface area contributed by atoms with Gasteiger partial charge in [0.2, 0.25) is 0 Å². The van der Waals surface area contributed by atoms with Crippen LogP contribution >= 0.6 is 0 Å². The topological polar surface area (TPSA) is 41.6 Å². The van der Waals surface area contributed by atoms with Crippen molar-refractivity contribution in [3.05, 3.63) is 59.7 Å². The molecule has 0 spiro atoms. The molecule has 1 aliphatic rings. The van der Waals surface area contributed by atoms with E-state index in [0.29, 0.717) is 5.56 Å². The van der Waals surface area contributed by atoms with Gasteiger partial charge in [0.15, 0.2) is 0 Å². The molecule has 2 aromatic rings. The number of hydrogen-bond donors (Lipinski definition) is 1. The summed E-state index contributed by atoms with van der Waals surface area (Å²) in [5.74, 6) is -0.0885. The quantitative estimate of drug-likeness (QED) is 0.932. The summed E-state index contributed by atoms with van der Waals surface area (Å²) in [6.45, 7) is 8.71. The Bertz CT molecular complexity index is 705. The summed E-state index contributed by atoms with van der Waals surface area (Å²) in [5.41, 5.74) is 3.74. The molecule has 0 atom stereocenters. The minimum atomic E-state index is -0.0885. The molecule has 1 N–H and O–H groups in total. The zero-order valence-corrected chi connectivity index (χ0v) is 14.5. The van der Waals surface area contributed by atoms with Crippen molar-refractivity contribution < 1.29 is 9.53 Å². The molecule has 1 heterocycles. The Hall–Kier alpha value is -2.33. The van der Waals surface area contributed by atoms with Crippen molar-refractivity contribution in [2.45, 2.75) is 26.3 Å². The Balaban J connectivity index is 1.70. The number of rotatable bonds is 3. The highest BCUT2D eigenvalue weighted by Crippen LogP contribution is 2.28. The summed E-state index contributed by atoms with van der Waals surface area (Å²) in [7, 11) is 0. The third-order valence-electron chi connectivity index (χ3n) is 4.40. The number of nitrogens with zero attached hydrogens (tertiary/aromatic N) is 1. The largest absolute Gasteiger partial charge is 0.377 e. The smallest absolute Gasteiger partial charge is 0.255 e. The molecule has 0 saturated carbocycles. The van der Waals surface area contributed by atoms with Crippen LogP contribution in [0.4, 0.5) is 11.4 Å². The molecule has 1 fully saturated rings. The molecule has 4 nitrogen and oxygen atoms in total. The second-order valence-corrected chi connectivity index (χ2v) is 6.88. The third kappa shape index (κ3) is 3.60. The Morgan fingerprint density at radius 2 is 1.75 bits per heavy atom. The molecular formula is C20H24N2O2. The van der Waals surface area contributed by atoms with E-state index >= 15 is 0 Å². The maximum absolute atomic E-state index is 12.3. The minimum Gasteiger partial charge on any atom is -0.377 e. The maximum atomic E-state index is 12.3. The maximum Gasteiger partial charge on any atom is 0.255 e. The van der Waals surface area contributed by atoms with Gasteiger partial charge in [0.1, 0.15) is 0 Å². The molecule has 0 bridgehead atoms. The van der Waals surface area contributed by atoms with Gasteiger partial charge in [-0.15, -0.1) is 0 Å². The molecule has 126 valence electrons. The third-order valence-corrected chi connectivity index (χ3v) is 4.40. The SMILES string of the molecule is Cc1ccc(C(=O)Nc2ccc(N3CCOCC3(C)C)cc2)cc1. The predicted octanol–water partition coefficient (Wildman–Crippen LogP) is 3.86. The van der Waals surface area contributed by atoms with Crippen molar-refractivity contribution in [2.75, 3.05) is 30.0 Å². The van der Waals surface area contributed by atoms with Crippen molar-refractivity contribution in [1.29, 1.82) is 0 Å². The number of amides is 1. The van der Waals surface area contributed by atoms with Crippen LogP contribution in [-0.2, 0) is 4.74 Å². The Kier molecular flexibility index (Phi) is 4.58. The summed E-state index contributed by atoms with van der Waals surface area (Å²) in [4.78, 5) is 14.6. The summed E-state index contributed by atoms with van der Waals surface area (Å²) >= 11 is 0. The number of hydrogen-bond acceptors (Lipinski definition) is 3. The van der Waals surface area contributed by atoms with E-state index in [-0.39, 0.29) is 11.4 Å². The fourth-order valence-corrected chi connectivity index (χ4v) is 2.97. The molecule has 3 rings (SSSR count). The summed E-state index contributed by atoms with van der Waals surface area (Å²) in [6, 6.07) is 15.6. The van der Waals surface area contributed by atoms with Crippen LogP contribution in [0.1, 0.15) is 29.8 Å². The van der Waals surface area contributed by atoms with Gasteiger partial charge in [0, 0.05) is 23.5 Å². The standard InChI is InChI=1S/C20H24N2O2/c1-15-4-6-16(7-5-15)19(23)21-17-8-10-18(11-9-17)22-12-13-24-14-20(22,2)3/h4-11H,12-14H2,1-3H3,(H,21,23). The monoisotopic (exact) mass is 324 g/mol. The molecule has 0 radical (unpaired) electrons. The molecule has 0 unspecified atom stereocenters. The van der Waals surface area contributed by atoms with Crippen molar-refractivity contribution in [3.63, 3.8) is 0 Å². The van der Waals surface area contributed by atoms with E-state index in [9.17, 15) is 4.79 Å². The van der Waals surface area contributed by atoms with Crippen LogP contribution in [0.3, 0.4) is 0 Å². The predicted molar refractivity (Wildman–Crippen MR) is 97.8 cm³/mol. The first kappa shape index (κ1) is 16.5. The first-order chi connectivity index (χ1) is 11.5. The van der Waals surface area contributed by atoms with E-state index in [1.165, 1.54) is 0 Å². The first-order valence-corrected chi connectivity index (χ1v) is 8.29. The van der Waals surface area contributed by atoms with Crippen LogP contribution in [0.5, 0.6) is 0 Å². The number of aryl methyl sites for hydroxylation is 1. The first-order valence-electron chi connectivity index (χ1n) is 8.29. The fraction of sp³-hybridized carbons (Fsp3) is 0.350. The highest BCUT2D eigenvalue weighted by molar-refractivity contribution is 6.04. The van der Waals surface area contributed by atoms with Crippen LogP contribution in [0, 0.1) is 6.92 Å². The lowest BCUT2D eigenvalue weighted by Crippen LogP contribution is -2.53. The number of carbonyl (C=O) groups is 1. The highest BCUT2D eigenvalue weighted by Gasteiger charge is 2.30. The molecule has 24 heavy (non-hydrogen) atoms. The van der Waals surface area contributed by atoms with Crippen LogP contribution < -0.4 is 10.2 Å². The summed E-state index contributed by atoms with van der Waals surface area (Å²) in [6.07, 6.45) is 0. The van der Waals surface area contributed by atoms with Gasteiger partial charge < -0.3 is 15.0 Å². The molecule has 1 aliphatic heterocycles. The van der Waals surface area contributed by atoms with E-state index in [1.807, 2.05) is 43.3 Å². The number of nitrogens with one attached hydrogen (secondary N) is 1. The average Bonchev–Trinajstić information content (AvgIpc) is 2.56. The molecule has 0 aromatic heterocycles. The van der Waals surface area contributed by atoms with Gasteiger partial charge in [-0.3, -0.25) is 4.79 Å². The second kappa shape index (κ2) is 6.65. The minimum absolute atomic E-state index is 0.0229. The Morgan fingerprint density at radius 1 is 1.08 bits per heavy atom.